The number of aromatic nitrogens is 4. The van der Waals surface area contributed by atoms with Crippen molar-refractivity contribution in [1.29, 1.82) is 0 Å². The van der Waals surface area contributed by atoms with E-state index in [0.717, 1.165) is 31.2 Å². The van der Waals surface area contributed by atoms with Crippen molar-refractivity contribution in [2.24, 2.45) is 7.05 Å². The van der Waals surface area contributed by atoms with Crippen molar-refractivity contribution in [3.05, 3.63) is 66.0 Å². The van der Waals surface area contributed by atoms with Gasteiger partial charge in [-0.05, 0) is 17.7 Å². The molecule has 0 spiro atoms. The molecule has 1 atom stereocenters. The number of ether oxygens (including phenoxy) is 1. The molecule has 0 radical (unpaired) electrons. The lowest BCUT2D eigenvalue weighted by molar-refractivity contribution is 0.128. The summed E-state index contributed by atoms with van der Waals surface area (Å²) in [6.45, 7) is 2.60. The minimum atomic E-state index is 0.304. The Kier molecular flexibility index (Phi) is 3.82. The zero-order valence-corrected chi connectivity index (χ0v) is 14.0. The van der Waals surface area contributed by atoms with Gasteiger partial charge in [0, 0.05) is 44.3 Å². The van der Waals surface area contributed by atoms with Crippen molar-refractivity contribution >= 4 is 0 Å². The molecule has 0 fully saturated rings. The Bertz CT molecular complexity index is 820. The number of benzene rings is 1. The van der Waals surface area contributed by atoms with E-state index >= 15 is 0 Å². The fourth-order valence-electron chi connectivity index (χ4n) is 3.35. The maximum atomic E-state index is 5.29. The van der Waals surface area contributed by atoms with Crippen molar-refractivity contribution in [3.8, 4) is 5.75 Å². The second-order valence-corrected chi connectivity index (χ2v) is 6.21. The Labute approximate surface area is 141 Å². The summed E-state index contributed by atoms with van der Waals surface area (Å²) in [6, 6.07) is 8.67. The van der Waals surface area contributed by atoms with Crippen LogP contribution in [0.4, 0.5) is 0 Å². The standard InChI is InChI=1S/C18H21N5O/c1-21-10-14(9-20-21)11-23-13-18-19-7-8-22(18)12-17(23)15-3-5-16(24-2)6-4-15/h3-10,17H,11-13H2,1-2H3. The highest BCUT2D eigenvalue weighted by Crippen LogP contribution is 2.31. The molecule has 1 unspecified atom stereocenters. The van der Waals surface area contributed by atoms with E-state index < -0.39 is 0 Å². The first kappa shape index (κ1) is 15.0. The van der Waals surface area contributed by atoms with Gasteiger partial charge in [-0.15, -0.1) is 0 Å². The first-order chi connectivity index (χ1) is 11.7. The van der Waals surface area contributed by atoms with E-state index in [9.17, 15) is 0 Å². The molecule has 4 rings (SSSR count). The number of rotatable bonds is 4. The summed E-state index contributed by atoms with van der Waals surface area (Å²) in [5, 5.41) is 4.29. The summed E-state index contributed by atoms with van der Waals surface area (Å²) in [7, 11) is 3.65. The number of imidazole rings is 1. The van der Waals surface area contributed by atoms with Crippen LogP contribution in [0.2, 0.25) is 0 Å². The minimum Gasteiger partial charge on any atom is -0.497 e. The Balaban J connectivity index is 1.64. The van der Waals surface area contributed by atoms with Gasteiger partial charge >= 0.3 is 0 Å². The number of hydrogen-bond donors (Lipinski definition) is 0. The third-order valence-corrected chi connectivity index (χ3v) is 4.60. The predicted octanol–water partition coefficient (Wildman–Crippen LogP) is 2.38. The Morgan fingerprint density at radius 2 is 2.08 bits per heavy atom. The molecule has 124 valence electrons. The topological polar surface area (TPSA) is 48.1 Å². The molecule has 3 heterocycles. The molecular formula is C18H21N5O. The lowest BCUT2D eigenvalue weighted by Gasteiger charge is -2.36. The number of fused-ring (bicyclic) bond motifs is 1. The molecule has 24 heavy (non-hydrogen) atoms. The number of hydrogen-bond acceptors (Lipinski definition) is 4. The van der Waals surface area contributed by atoms with Crippen molar-refractivity contribution in [2.45, 2.75) is 25.7 Å². The monoisotopic (exact) mass is 323 g/mol. The van der Waals surface area contributed by atoms with Gasteiger partial charge in [0.15, 0.2) is 0 Å². The van der Waals surface area contributed by atoms with Gasteiger partial charge in [0.1, 0.15) is 11.6 Å². The van der Waals surface area contributed by atoms with Gasteiger partial charge in [0.2, 0.25) is 0 Å². The molecule has 2 aromatic heterocycles. The van der Waals surface area contributed by atoms with E-state index in [0.29, 0.717) is 6.04 Å². The van der Waals surface area contributed by atoms with Crippen molar-refractivity contribution in [1.82, 2.24) is 24.2 Å². The van der Waals surface area contributed by atoms with Gasteiger partial charge in [0.25, 0.3) is 0 Å². The van der Waals surface area contributed by atoms with Gasteiger partial charge < -0.3 is 9.30 Å². The van der Waals surface area contributed by atoms with Crippen LogP contribution < -0.4 is 4.74 Å². The van der Waals surface area contributed by atoms with Crippen molar-refractivity contribution in [3.63, 3.8) is 0 Å². The molecule has 0 saturated carbocycles. The van der Waals surface area contributed by atoms with Crippen LogP contribution in [-0.4, -0.2) is 31.3 Å². The lowest BCUT2D eigenvalue weighted by Crippen LogP contribution is -2.36. The molecular weight excluding hydrogens is 302 g/mol. The highest BCUT2D eigenvalue weighted by atomic mass is 16.5. The average molecular weight is 323 g/mol. The maximum Gasteiger partial charge on any atom is 0.122 e. The van der Waals surface area contributed by atoms with E-state index in [4.69, 9.17) is 4.74 Å². The van der Waals surface area contributed by atoms with Crippen molar-refractivity contribution < 1.29 is 4.74 Å². The van der Waals surface area contributed by atoms with Gasteiger partial charge in [-0.3, -0.25) is 9.58 Å². The van der Waals surface area contributed by atoms with Crippen LogP contribution in [0.25, 0.3) is 0 Å². The highest BCUT2D eigenvalue weighted by molar-refractivity contribution is 5.30. The van der Waals surface area contributed by atoms with Crippen molar-refractivity contribution in [2.75, 3.05) is 7.11 Å². The summed E-state index contributed by atoms with van der Waals surface area (Å²) in [6.07, 6.45) is 7.96. The van der Waals surface area contributed by atoms with Crippen LogP contribution >= 0.6 is 0 Å². The van der Waals surface area contributed by atoms with E-state index in [1.165, 1.54) is 11.1 Å². The maximum absolute atomic E-state index is 5.29. The van der Waals surface area contributed by atoms with E-state index in [2.05, 4.69) is 44.1 Å². The summed E-state index contributed by atoms with van der Waals surface area (Å²) in [4.78, 5) is 6.95. The van der Waals surface area contributed by atoms with Crippen LogP contribution in [0, 0.1) is 0 Å². The van der Waals surface area contributed by atoms with Gasteiger partial charge in [0.05, 0.1) is 25.9 Å². The number of nitrogens with zero attached hydrogens (tertiary/aromatic N) is 5. The Hall–Kier alpha value is -2.60. The molecule has 0 amide bonds. The van der Waals surface area contributed by atoms with Gasteiger partial charge in [-0.2, -0.15) is 5.10 Å². The quantitative estimate of drug-likeness (QED) is 0.740. The molecule has 0 aliphatic carbocycles. The summed E-state index contributed by atoms with van der Waals surface area (Å²) >= 11 is 0. The third-order valence-electron chi connectivity index (χ3n) is 4.60. The summed E-state index contributed by atoms with van der Waals surface area (Å²) in [5.41, 5.74) is 2.51. The lowest BCUT2D eigenvalue weighted by atomic mass is 10.0. The fraction of sp³-hybridized carbons (Fsp3) is 0.333. The SMILES string of the molecule is COc1ccc(C2Cn3ccnc3CN2Cc2cnn(C)c2)cc1. The molecule has 0 bridgehead atoms. The van der Waals surface area contributed by atoms with Gasteiger partial charge in [-0.25, -0.2) is 4.98 Å². The van der Waals surface area contributed by atoms with E-state index in [1.54, 1.807) is 7.11 Å². The van der Waals surface area contributed by atoms with E-state index in [1.807, 2.05) is 36.3 Å². The second-order valence-electron chi connectivity index (χ2n) is 6.21. The second kappa shape index (κ2) is 6.13. The summed E-state index contributed by atoms with van der Waals surface area (Å²) < 4.78 is 9.38. The fourth-order valence-corrected chi connectivity index (χ4v) is 3.35. The molecule has 1 aliphatic rings. The third kappa shape index (κ3) is 2.80. The smallest absolute Gasteiger partial charge is 0.122 e. The largest absolute Gasteiger partial charge is 0.497 e. The first-order valence-electron chi connectivity index (χ1n) is 8.08. The zero-order valence-electron chi connectivity index (χ0n) is 14.0. The van der Waals surface area contributed by atoms with Crippen LogP contribution in [0.15, 0.2) is 49.1 Å². The molecule has 0 saturated heterocycles. The Morgan fingerprint density at radius 3 is 2.79 bits per heavy atom. The number of methoxy groups -OCH3 is 1. The molecule has 1 aliphatic heterocycles. The normalized spacial score (nSPS) is 17.7. The first-order valence-corrected chi connectivity index (χ1v) is 8.08. The molecule has 6 nitrogen and oxygen atoms in total. The predicted molar refractivity (Wildman–Crippen MR) is 90.4 cm³/mol. The molecule has 0 N–H and O–H groups in total. The van der Waals surface area contributed by atoms with Crippen LogP contribution in [0.3, 0.4) is 0 Å². The summed E-state index contributed by atoms with van der Waals surface area (Å²) in [5.74, 6) is 2.00. The van der Waals surface area contributed by atoms with Crippen LogP contribution in [-0.2, 0) is 26.7 Å². The minimum absolute atomic E-state index is 0.304. The molecule has 1 aromatic carbocycles. The average Bonchev–Trinajstić information content (AvgIpc) is 3.22. The molecule has 6 heteroatoms. The zero-order chi connectivity index (χ0) is 16.5. The van der Waals surface area contributed by atoms with Gasteiger partial charge in [-0.1, -0.05) is 12.1 Å². The Morgan fingerprint density at radius 1 is 1.25 bits per heavy atom. The van der Waals surface area contributed by atoms with Crippen LogP contribution in [0.1, 0.15) is 23.0 Å². The van der Waals surface area contributed by atoms with Crippen LogP contribution in [0.5, 0.6) is 5.75 Å². The highest BCUT2D eigenvalue weighted by Gasteiger charge is 2.28. The number of aryl methyl sites for hydroxylation is 1. The molecule has 3 aromatic rings. The van der Waals surface area contributed by atoms with E-state index in [-0.39, 0.29) is 0 Å².